The quantitative estimate of drug-likeness (QED) is 0.641. The summed E-state index contributed by atoms with van der Waals surface area (Å²) in [5, 5.41) is 3.81. The Morgan fingerprint density at radius 2 is 2.11 bits per heavy atom. The molecule has 0 fully saturated rings. The van der Waals surface area contributed by atoms with Crippen LogP contribution in [0.25, 0.3) is 6.08 Å². The monoisotopic (exact) mass is 246 g/mol. The van der Waals surface area contributed by atoms with Gasteiger partial charge >= 0.3 is 0 Å². The summed E-state index contributed by atoms with van der Waals surface area (Å²) in [6.07, 6.45) is 5.15. The Morgan fingerprint density at radius 3 is 2.78 bits per heavy atom. The lowest BCUT2D eigenvalue weighted by Crippen LogP contribution is -2.22. The van der Waals surface area contributed by atoms with Gasteiger partial charge in [0.15, 0.2) is 0 Å². The van der Waals surface area contributed by atoms with Gasteiger partial charge in [0.05, 0.1) is 7.11 Å². The van der Waals surface area contributed by atoms with Gasteiger partial charge in [-0.3, -0.25) is 4.79 Å². The van der Waals surface area contributed by atoms with Gasteiger partial charge in [0.1, 0.15) is 5.75 Å². The van der Waals surface area contributed by atoms with Crippen LogP contribution in [0, 0.1) is 5.92 Å². The number of nitrogens with one attached hydrogen (secondary N) is 1. The van der Waals surface area contributed by atoms with Crippen LogP contribution >= 0.6 is 0 Å². The number of amides is 1. The largest absolute Gasteiger partial charge is 0.496 e. The van der Waals surface area contributed by atoms with Gasteiger partial charge in [0.2, 0.25) is 5.91 Å². The molecule has 0 saturated carbocycles. The number of benzene rings is 1. The van der Waals surface area contributed by atoms with Gasteiger partial charge in [-0.2, -0.15) is 5.10 Å². The molecule has 0 bridgehead atoms. The Labute approximate surface area is 107 Å². The second-order valence-electron chi connectivity index (χ2n) is 4.01. The molecule has 1 N–H and O–H groups in total. The van der Waals surface area contributed by atoms with Gasteiger partial charge in [-0.05, 0) is 18.2 Å². The zero-order valence-electron chi connectivity index (χ0n) is 10.9. The minimum Gasteiger partial charge on any atom is -0.496 e. The minimum atomic E-state index is -0.100. The van der Waals surface area contributed by atoms with Gasteiger partial charge in [0.25, 0.3) is 0 Å². The molecular formula is C14H18N2O2. The second-order valence-corrected chi connectivity index (χ2v) is 4.01. The summed E-state index contributed by atoms with van der Waals surface area (Å²) < 4.78 is 5.21. The zero-order valence-corrected chi connectivity index (χ0v) is 10.9. The van der Waals surface area contributed by atoms with E-state index in [9.17, 15) is 4.79 Å². The molecule has 0 heterocycles. The first kappa shape index (κ1) is 14.0. The highest BCUT2D eigenvalue weighted by Gasteiger charge is 2.03. The maximum absolute atomic E-state index is 11.2. The first-order chi connectivity index (χ1) is 8.65. The fourth-order valence-electron chi connectivity index (χ4n) is 1.22. The molecule has 0 aliphatic rings. The molecule has 96 valence electrons. The molecule has 0 aromatic heterocycles. The van der Waals surface area contributed by atoms with Crippen LogP contribution in [-0.2, 0) is 4.79 Å². The van der Waals surface area contributed by atoms with Gasteiger partial charge in [-0.15, -0.1) is 0 Å². The molecule has 0 atom stereocenters. The SMILES string of the molecule is COc1ccccc1/C=C/C=N/NC(=O)C(C)C. The molecule has 4 heteroatoms. The second kappa shape index (κ2) is 7.27. The van der Waals surface area contributed by atoms with Crippen molar-refractivity contribution in [3.8, 4) is 5.75 Å². The number of hydrogen-bond acceptors (Lipinski definition) is 3. The third-order valence-corrected chi connectivity index (χ3v) is 2.27. The van der Waals surface area contributed by atoms with Crippen molar-refractivity contribution in [1.29, 1.82) is 0 Å². The van der Waals surface area contributed by atoms with E-state index in [1.165, 1.54) is 6.21 Å². The van der Waals surface area contributed by atoms with Crippen molar-refractivity contribution in [2.75, 3.05) is 7.11 Å². The standard InChI is InChI=1S/C14H18N2O2/c1-11(2)14(17)16-15-10-6-8-12-7-4-5-9-13(12)18-3/h4-11H,1-3H3,(H,16,17)/b8-6+,15-10+. The van der Waals surface area contributed by atoms with Gasteiger partial charge in [0, 0.05) is 17.7 Å². The number of rotatable bonds is 5. The lowest BCUT2D eigenvalue weighted by Gasteiger charge is -2.02. The van der Waals surface area contributed by atoms with Crippen LogP contribution in [-0.4, -0.2) is 19.2 Å². The first-order valence-corrected chi connectivity index (χ1v) is 5.77. The van der Waals surface area contributed by atoms with Gasteiger partial charge in [-0.25, -0.2) is 5.43 Å². The Hall–Kier alpha value is -2.10. The predicted octanol–water partition coefficient (Wildman–Crippen LogP) is 2.47. The summed E-state index contributed by atoms with van der Waals surface area (Å²) in [5.41, 5.74) is 3.40. The van der Waals surface area contributed by atoms with E-state index in [1.807, 2.05) is 44.2 Å². The molecule has 1 aromatic carbocycles. The summed E-state index contributed by atoms with van der Waals surface area (Å²) in [5.74, 6) is 0.630. The number of para-hydroxylation sites is 1. The lowest BCUT2D eigenvalue weighted by molar-refractivity contribution is -0.123. The van der Waals surface area contributed by atoms with E-state index in [-0.39, 0.29) is 11.8 Å². The highest BCUT2D eigenvalue weighted by atomic mass is 16.5. The third-order valence-electron chi connectivity index (χ3n) is 2.27. The summed E-state index contributed by atoms with van der Waals surface area (Å²) in [4.78, 5) is 11.2. The summed E-state index contributed by atoms with van der Waals surface area (Å²) in [6.45, 7) is 3.63. The molecular weight excluding hydrogens is 228 g/mol. The summed E-state index contributed by atoms with van der Waals surface area (Å²) in [6, 6.07) is 7.67. The number of hydrogen-bond donors (Lipinski definition) is 1. The lowest BCUT2D eigenvalue weighted by atomic mass is 10.2. The number of nitrogens with zero attached hydrogens (tertiary/aromatic N) is 1. The van der Waals surface area contributed by atoms with Crippen molar-refractivity contribution < 1.29 is 9.53 Å². The predicted molar refractivity (Wildman–Crippen MR) is 73.5 cm³/mol. The molecule has 0 radical (unpaired) electrons. The van der Waals surface area contributed by atoms with Crippen LogP contribution < -0.4 is 10.2 Å². The number of hydrazone groups is 1. The van der Waals surface area contributed by atoms with Crippen molar-refractivity contribution in [2.24, 2.45) is 11.0 Å². The topological polar surface area (TPSA) is 50.7 Å². The van der Waals surface area contributed by atoms with E-state index < -0.39 is 0 Å². The molecule has 0 spiro atoms. The Bertz CT molecular complexity index is 451. The van der Waals surface area contributed by atoms with Crippen molar-refractivity contribution in [1.82, 2.24) is 5.43 Å². The van der Waals surface area contributed by atoms with Crippen molar-refractivity contribution in [2.45, 2.75) is 13.8 Å². The van der Waals surface area contributed by atoms with Crippen molar-refractivity contribution >= 4 is 18.2 Å². The number of carbonyl (C=O) groups excluding carboxylic acids is 1. The van der Waals surface area contributed by atoms with E-state index in [1.54, 1.807) is 13.2 Å². The van der Waals surface area contributed by atoms with Gasteiger partial charge < -0.3 is 4.74 Å². The molecule has 0 saturated heterocycles. The maximum atomic E-state index is 11.2. The highest BCUT2D eigenvalue weighted by molar-refractivity contribution is 5.82. The number of ether oxygens (including phenoxy) is 1. The van der Waals surface area contributed by atoms with E-state index in [4.69, 9.17) is 4.74 Å². The van der Waals surface area contributed by atoms with Crippen LogP contribution in [0.1, 0.15) is 19.4 Å². The minimum absolute atomic E-state index is 0.0691. The highest BCUT2D eigenvalue weighted by Crippen LogP contribution is 2.18. The Balaban J connectivity index is 2.55. The molecule has 1 aromatic rings. The Morgan fingerprint density at radius 1 is 1.39 bits per heavy atom. The molecule has 1 rings (SSSR count). The van der Waals surface area contributed by atoms with Crippen LogP contribution in [0.2, 0.25) is 0 Å². The smallest absolute Gasteiger partial charge is 0.242 e. The van der Waals surface area contributed by atoms with Crippen molar-refractivity contribution in [3.05, 3.63) is 35.9 Å². The van der Waals surface area contributed by atoms with Crippen LogP contribution in [0.3, 0.4) is 0 Å². The van der Waals surface area contributed by atoms with E-state index >= 15 is 0 Å². The third kappa shape index (κ3) is 4.41. The van der Waals surface area contributed by atoms with E-state index in [0.717, 1.165) is 11.3 Å². The molecule has 18 heavy (non-hydrogen) atoms. The molecule has 0 aliphatic heterocycles. The average Bonchev–Trinajstić information content (AvgIpc) is 2.38. The Kier molecular flexibility index (Phi) is 5.64. The normalized spacial score (nSPS) is 11.3. The zero-order chi connectivity index (χ0) is 13.4. The number of allylic oxidation sites excluding steroid dienone is 1. The summed E-state index contributed by atoms with van der Waals surface area (Å²) >= 11 is 0. The van der Waals surface area contributed by atoms with Crippen LogP contribution in [0.5, 0.6) is 5.75 Å². The van der Waals surface area contributed by atoms with Gasteiger partial charge in [-0.1, -0.05) is 32.0 Å². The van der Waals surface area contributed by atoms with E-state index in [0.29, 0.717) is 0 Å². The van der Waals surface area contributed by atoms with Crippen LogP contribution in [0.15, 0.2) is 35.4 Å². The van der Waals surface area contributed by atoms with E-state index in [2.05, 4.69) is 10.5 Å². The molecule has 0 aliphatic carbocycles. The fourth-order valence-corrected chi connectivity index (χ4v) is 1.22. The van der Waals surface area contributed by atoms with Crippen molar-refractivity contribution in [3.63, 3.8) is 0 Å². The summed E-state index contributed by atoms with van der Waals surface area (Å²) in [7, 11) is 1.63. The molecule has 1 amide bonds. The van der Waals surface area contributed by atoms with Crippen LogP contribution in [0.4, 0.5) is 0 Å². The fraction of sp³-hybridized carbons (Fsp3) is 0.286. The molecule has 4 nitrogen and oxygen atoms in total. The number of carbonyl (C=O) groups is 1. The average molecular weight is 246 g/mol. The first-order valence-electron chi connectivity index (χ1n) is 5.77. The molecule has 0 unspecified atom stereocenters. The number of methoxy groups -OCH3 is 1. The maximum Gasteiger partial charge on any atom is 0.242 e.